The normalized spacial score (nSPS) is 14.5. The van der Waals surface area contributed by atoms with Crippen LogP contribution in [0.4, 0.5) is 5.13 Å². The number of nitrogens with one attached hydrogen (secondary N) is 1. The Labute approximate surface area is 182 Å². The molecular weight excluding hydrogens is 423 g/mol. The molecule has 0 aromatic carbocycles. The van der Waals surface area contributed by atoms with Gasteiger partial charge in [0.25, 0.3) is 5.91 Å². The van der Waals surface area contributed by atoms with Crippen molar-refractivity contribution >= 4 is 68.1 Å². The van der Waals surface area contributed by atoms with E-state index in [1.54, 1.807) is 22.7 Å². The van der Waals surface area contributed by atoms with Crippen LogP contribution in [0.5, 0.6) is 0 Å². The zero-order valence-electron chi connectivity index (χ0n) is 16.2. The maximum Gasteiger partial charge on any atom is 0.264 e. The van der Waals surface area contributed by atoms with Gasteiger partial charge in [0.1, 0.15) is 4.83 Å². The van der Waals surface area contributed by atoms with E-state index in [0.717, 1.165) is 71.5 Å². The zero-order valence-corrected chi connectivity index (χ0v) is 19.5. The second-order valence-electron chi connectivity index (χ2n) is 6.43. The van der Waals surface area contributed by atoms with Gasteiger partial charge in [-0.15, -0.1) is 36.2 Å². The third kappa shape index (κ3) is 5.48. The topological polar surface area (TPSA) is 48.5 Å². The predicted molar refractivity (Wildman–Crippen MR) is 123 cm³/mol. The van der Waals surface area contributed by atoms with Gasteiger partial charge in [-0.05, 0) is 52.3 Å². The average Bonchev–Trinajstić information content (AvgIpc) is 3.20. The molecule has 1 N–H and O–H groups in total. The fourth-order valence-electron chi connectivity index (χ4n) is 3.41. The van der Waals surface area contributed by atoms with Gasteiger partial charge in [-0.2, -0.15) is 0 Å². The summed E-state index contributed by atoms with van der Waals surface area (Å²) in [5, 5.41) is 4.45. The summed E-state index contributed by atoms with van der Waals surface area (Å²) in [5.74, 6) is 0.188. The van der Waals surface area contributed by atoms with E-state index in [-0.39, 0.29) is 30.7 Å². The molecule has 1 aliphatic rings. The largest absolute Gasteiger partial charge is 0.349 e. The molecule has 0 unspecified atom stereocenters. The highest BCUT2D eigenvalue weighted by atomic mass is 35.5. The van der Waals surface area contributed by atoms with E-state index in [1.807, 2.05) is 0 Å². The lowest BCUT2D eigenvalue weighted by Crippen LogP contribution is -2.46. The van der Waals surface area contributed by atoms with E-state index in [4.69, 9.17) is 4.98 Å². The van der Waals surface area contributed by atoms with Gasteiger partial charge in [0.2, 0.25) is 0 Å². The van der Waals surface area contributed by atoms with Gasteiger partial charge in [0.05, 0.1) is 9.58 Å². The third-order valence-corrected chi connectivity index (χ3v) is 7.01. The predicted octanol–water partition coefficient (Wildman–Crippen LogP) is 4.65. The van der Waals surface area contributed by atoms with Crippen LogP contribution in [-0.2, 0) is 0 Å². The van der Waals surface area contributed by atoms with Crippen LogP contribution < -0.4 is 10.2 Å². The molecule has 0 bridgehead atoms. The van der Waals surface area contributed by atoms with Crippen molar-refractivity contribution in [2.75, 3.05) is 37.6 Å². The quantitative estimate of drug-likeness (QED) is 0.663. The lowest BCUT2D eigenvalue weighted by atomic mass is 10.0. The summed E-state index contributed by atoms with van der Waals surface area (Å²) in [5.41, 5.74) is 0. The number of hydrogen-bond donors (Lipinski definition) is 1. The molecule has 1 amide bonds. The number of thiazole rings is 1. The van der Waals surface area contributed by atoms with Crippen molar-refractivity contribution in [2.24, 2.45) is 0 Å². The second-order valence-corrected chi connectivity index (χ2v) is 8.47. The summed E-state index contributed by atoms with van der Waals surface area (Å²) in [6.07, 6.45) is 3.10. The molecule has 154 valence electrons. The molecule has 1 fully saturated rings. The molecule has 1 aliphatic heterocycles. The molecule has 0 spiro atoms. The number of piperidine rings is 1. The monoisotopic (exact) mass is 452 g/mol. The number of anilines is 1. The van der Waals surface area contributed by atoms with Gasteiger partial charge >= 0.3 is 0 Å². The number of hydrogen-bond acceptors (Lipinski definition) is 6. The fraction of sp³-hybridized carbons (Fsp3) is 0.667. The molecule has 3 rings (SSSR count). The molecular formula is C18H30Cl2N4OS2. The number of carbonyl (C=O) groups is 1. The zero-order chi connectivity index (χ0) is 17.8. The van der Waals surface area contributed by atoms with Gasteiger partial charge in [0.15, 0.2) is 5.13 Å². The number of thiophene rings is 1. The van der Waals surface area contributed by atoms with E-state index in [0.29, 0.717) is 6.04 Å². The first kappa shape index (κ1) is 24.4. The number of nitrogens with zero attached hydrogens (tertiary/aromatic N) is 3. The summed E-state index contributed by atoms with van der Waals surface area (Å²) in [4.78, 5) is 24.1. The molecule has 0 atom stereocenters. The highest BCUT2D eigenvalue weighted by molar-refractivity contribution is 7.29. The van der Waals surface area contributed by atoms with Crippen LogP contribution in [0.2, 0.25) is 0 Å². The molecule has 2 aromatic heterocycles. The third-order valence-electron chi connectivity index (χ3n) is 4.80. The van der Waals surface area contributed by atoms with Crippen molar-refractivity contribution in [1.29, 1.82) is 0 Å². The van der Waals surface area contributed by atoms with Crippen molar-refractivity contribution in [3.8, 4) is 0 Å². The van der Waals surface area contributed by atoms with Crippen LogP contribution in [0.3, 0.4) is 0 Å². The first-order valence-electron chi connectivity index (χ1n) is 9.34. The molecule has 0 aliphatic carbocycles. The second kappa shape index (κ2) is 11.4. The SMILES string of the molecule is CCCN(C(=O)c1cc2sc(N(CC)CC)nc2s1)C1CCNCC1.Cl.Cl. The summed E-state index contributed by atoms with van der Waals surface area (Å²) in [6, 6.07) is 2.42. The van der Waals surface area contributed by atoms with Crippen LogP contribution >= 0.6 is 47.5 Å². The van der Waals surface area contributed by atoms with E-state index >= 15 is 0 Å². The maximum atomic E-state index is 13.1. The molecule has 27 heavy (non-hydrogen) atoms. The summed E-state index contributed by atoms with van der Waals surface area (Å²) in [6.45, 7) is 11.2. The molecule has 3 heterocycles. The summed E-state index contributed by atoms with van der Waals surface area (Å²) >= 11 is 3.25. The Kier molecular flexibility index (Phi) is 10.3. The van der Waals surface area contributed by atoms with Crippen LogP contribution in [-0.4, -0.2) is 54.6 Å². The van der Waals surface area contributed by atoms with Crippen LogP contribution in [0.25, 0.3) is 9.53 Å². The van der Waals surface area contributed by atoms with Crippen molar-refractivity contribution < 1.29 is 4.79 Å². The standard InChI is InChI=1S/C18H28N4OS2.2ClH/c1-4-11-22(13-7-9-19-10-8-13)17(23)15-12-14-16(24-15)20-18(25-14)21(5-2)6-3;;/h12-13,19H,4-11H2,1-3H3;2*1H. The van der Waals surface area contributed by atoms with E-state index in [2.05, 4.69) is 42.0 Å². The van der Waals surface area contributed by atoms with Crippen LogP contribution in [0, 0.1) is 0 Å². The van der Waals surface area contributed by atoms with Gasteiger partial charge in [0, 0.05) is 25.7 Å². The van der Waals surface area contributed by atoms with Gasteiger partial charge in [-0.1, -0.05) is 18.3 Å². The molecule has 1 saturated heterocycles. The smallest absolute Gasteiger partial charge is 0.264 e. The fourth-order valence-corrected chi connectivity index (χ4v) is 5.70. The summed E-state index contributed by atoms with van der Waals surface area (Å²) in [7, 11) is 0. The highest BCUT2D eigenvalue weighted by Crippen LogP contribution is 2.35. The number of halogens is 2. The lowest BCUT2D eigenvalue weighted by Gasteiger charge is -2.34. The first-order valence-corrected chi connectivity index (χ1v) is 11.0. The Bertz CT molecular complexity index is 680. The molecule has 0 radical (unpaired) electrons. The highest BCUT2D eigenvalue weighted by Gasteiger charge is 2.27. The van der Waals surface area contributed by atoms with Crippen molar-refractivity contribution in [3.63, 3.8) is 0 Å². The van der Waals surface area contributed by atoms with Gasteiger partial charge in [-0.3, -0.25) is 4.79 Å². The number of aromatic nitrogens is 1. The van der Waals surface area contributed by atoms with Crippen molar-refractivity contribution in [1.82, 2.24) is 15.2 Å². The van der Waals surface area contributed by atoms with E-state index in [9.17, 15) is 4.79 Å². The minimum Gasteiger partial charge on any atom is -0.349 e. The Morgan fingerprint density at radius 2 is 1.85 bits per heavy atom. The number of amides is 1. The molecule has 5 nitrogen and oxygen atoms in total. The first-order chi connectivity index (χ1) is 12.2. The Morgan fingerprint density at radius 1 is 1.19 bits per heavy atom. The van der Waals surface area contributed by atoms with Crippen molar-refractivity contribution in [3.05, 3.63) is 10.9 Å². The lowest BCUT2D eigenvalue weighted by molar-refractivity contribution is 0.0648. The van der Waals surface area contributed by atoms with Crippen LogP contribution in [0.15, 0.2) is 6.07 Å². The summed E-state index contributed by atoms with van der Waals surface area (Å²) < 4.78 is 1.14. The van der Waals surface area contributed by atoms with E-state index in [1.165, 1.54) is 0 Å². The van der Waals surface area contributed by atoms with Gasteiger partial charge < -0.3 is 15.1 Å². The number of carbonyl (C=O) groups excluding carboxylic acids is 1. The minimum absolute atomic E-state index is 0. The van der Waals surface area contributed by atoms with Crippen LogP contribution in [0.1, 0.15) is 49.7 Å². The maximum absolute atomic E-state index is 13.1. The molecule has 9 heteroatoms. The Balaban J connectivity index is 0.00000182. The number of rotatable bonds is 7. The average molecular weight is 454 g/mol. The van der Waals surface area contributed by atoms with Gasteiger partial charge in [-0.25, -0.2) is 4.98 Å². The number of fused-ring (bicyclic) bond motifs is 1. The molecule has 0 saturated carbocycles. The molecule has 2 aromatic rings. The van der Waals surface area contributed by atoms with E-state index < -0.39 is 0 Å². The Hall–Kier alpha value is -0.600. The Morgan fingerprint density at radius 3 is 2.41 bits per heavy atom. The van der Waals surface area contributed by atoms with Crippen molar-refractivity contribution in [2.45, 2.75) is 46.1 Å². The minimum atomic E-state index is 0.